The van der Waals surface area contributed by atoms with Crippen LogP contribution in [0.2, 0.25) is 0 Å². The first-order valence-electron chi connectivity index (χ1n) is 8.35. The molecule has 0 spiro atoms. The fourth-order valence-electron chi connectivity index (χ4n) is 3.41. The Kier molecular flexibility index (Phi) is 3.68. The van der Waals surface area contributed by atoms with E-state index < -0.39 is 0 Å². The Labute approximate surface area is 145 Å². The number of amides is 1. The van der Waals surface area contributed by atoms with Crippen LogP contribution < -0.4 is 0 Å². The number of aryl methyl sites for hydroxylation is 1. The summed E-state index contributed by atoms with van der Waals surface area (Å²) in [4.78, 5) is 23.8. The Morgan fingerprint density at radius 1 is 1.29 bits per heavy atom. The van der Waals surface area contributed by atoms with E-state index in [0.717, 1.165) is 36.8 Å². The number of para-hydroxylation sites is 1. The molecule has 0 radical (unpaired) electrons. The van der Waals surface area contributed by atoms with Gasteiger partial charge in [0.25, 0.3) is 5.91 Å². The molecule has 5 heteroatoms. The summed E-state index contributed by atoms with van der Waals surface area (Å²) in [7, 11) is 0. The molecule has 1 N–H and O–H groups in total. The predicted octanol–water partition coefficient (Wildman–Crippen LogP) is 4.13. The van der Waals surface area contributed by atoms with Gasteiger partial charge in [0, 0.05) is 40.5 Å². The van der Waals surface area contributed by atoms with Crippen LogP contribution in [-0.4, -0.2) is 33.9 Å². The summed E-state index contributed by atoms with van der Waals surface area (Å²) in [5, 5.41) is 2.29. The third-order valence-electron chi connectivity index (χ3n) is 5.05. The summed E-state index contributed by atoms with van der Waals surface area (Å²) in [6.45, 7) is 5.93. The van der Waals surface area contributed by atoms with E-state index in [1.165, 1.54) is 9.88 Å². The number of aromatic nitrogens is 2. The molecule has 0 atom stereocenters. The third-order valence-corrected chi connectivity index (χ3v) is 6.27. The highest BCUT2D eigenvalue weighted by atomic mass is 32.1. The Morgan fingerprint density at radius 3 is 2.71 bits per heavy atom. The van der Waals surface area contributed by atoms with Gasteiger partial charge in [0.15, 0.2) is 0 Å². The van der Waals surface area contributed by atoms with Crippen molar-refractivity contribution >= 4 is 28.1 Å². The lowest BCUT2D eigenvalue weighted by Crippen LogP contribution is -2.44. The van der Waals surface area contributed by atoms with E-state index in [0.29, 0.717) is 5.69 Å². The number of piperidine rings is 1. The van der Waals surface area contributed by atoms with Crippen LogP contribution in [0, 0.1) is 6.92 Å². The lowest BCUT2D eigenvalue weighted by Gasteiger charge is -2.38. The third kappa shape index (κ3) is 2.63. The molecule has 3 aromatic rings. The second-order valence-corrected chi connectivity index (χ2v) is 8.13. The number of thiazole rings is 1. The van der Waals surface area contributed by atoms with Crippen LogP contribution in [0.4, 0.5) is 0 Å². The second kappa shape index (κ2) is 5.74. The molecule has 1 fully saturated rings. The maximum Gasteiger partial charge on any atom is 0.270 e. The summed E-state index contributed by atoms with van der Waals surface area (Å²) >= 11 is 1.78. The molecule has 0 saturated carbocycles. The highest BCUT2D eigenvalue weighted by Crippen LogP contribution is 2.37. The summed E-state index contributed by atoms with van der Waals surface area (Å²) in [5.74, 6) is 0.101. The van der Waals surface area contributed by atoms with Crippen molar-refractivity contribution < 1.29 is 4.79 Å². The molecule has 2 aromatic heterocycles. The Bertz CT molecular complexity index is 854. The minimum atomic E-state index is 0.0934. The van der Waals surface area contributed by atoms with Gasteiger partial charge in [0.1, 0.15) is 5.69 Å². The first-order chi connectivity index (χ1) is 11.5. The van der Waals surface area contributed by atoms with Crippen LogP contribution in [0.1, 0.15) is 40.1 Å². The minimum Gasteiger partial charge on any atom is -0.351 e. The molecular formula is C19H21N3OS. The minimum absolute atomic E-state index is 0.0934. The van der Waals surface area contributed by atoms with Crippen LogP contribution in [0.5, 0.6) is 0 Å². The molecule has 0 bridgehead atoms. The van der Waals surface area contributed by atoms with Crippen molar-refractivity contribution in [3.8, 4) is 0 Å². The van der Waals surface area contributed by atoms with E-state index in [9.17, 15) is 4.79 Å². The van der Waals surface area contributed by atoms with Crippen molar-refractivity contribution in [2.45, 2.75) is 32.1 Å². The normalized spacial score (nSPS) is 17.3. The van der Waals surface area contributed by atoms with Gasteiger partial charge >= 0.3 is 0 Å². The number of H-pyrrole nitrogens is 1. The fraction of sp³-hybridized carbons (Fsp3) is 0.368. The van der Waals surface area contributed by atoms with Gasteiger partial charge in [-0.15, -0.1) is 11.3 Å². The van der Waals surface area contributed by atoms with Crippen molar-refractivity contribution in [2.24, 2.45) is 0 Å². The number of benzene rings is 1. The molecule has 0 unspecified atom stereocenters. The Hall–Kier alpha value is -2.14. The number of nitrogens with one attached hydrogen (secondary N) is 1. The fourth-order valence-corrected chi connectivity index (χ4v) is 4.38. The Morgan fingerprint density at radius 2 is 2.04 bits per heavy atom. The number of hydrogen-bond acceptors (Lipinski definition) is 3. The van der Waals surface area contributed by atoms with Crippen LogP contribution in [0.25, 0.3) is 10.9 Å². The predicted molar refractivity (Wildman–Crippen MR) is 97.6 cm³/mol. The smallest absolute Gasteiger partial charge is 0.270 e. The zero-order chi connectivity index (χ0) is 16.7. The molecule has 0 aliphatic carbocycles. The quantitative estimate of drug-likeness (QED) is 0.763. The van der Waals surface area contributed by atoms with Gasteiger partial charge in [-0.1, -0.05) is 25.1 Å². The first kappa shape index (κ1) is 15.4. The van der Waals surface area contributed by atoms with Crippen molar-refractivity contribution in [3.63, 3.8) is 0 Å². The number of hydrogen-bond donors (Lipinski definition) is 1. The molecule has 124 valence electrons. The van der Waals surface area contributed by atoms with Gasteiger partial charge in [-0.25, -0.2) is 4.98 Å². The van der Waals surface area contributed by atoms with Gasteiger partial charge < -0.3 is 9.88 Å². The standard InChI is InChI=1S/C19H21N3OS/c1-13-12-20-18(24-13)19(2)7-9-22(10-8-19)17(23)16-11-14-5-3-4-6-15(14)21-16/h3-6,11-12,21H,7-10H2,1-2H3. The maximum atomic E-state index is 12.8. The van der Waals surface area contributed by atoms with E-state index in [2.05, 4.69) is 23.8 Å². The van der Waals surface area contributed by atoms with Crippen molar-refractivity contribution in [1.29, 1.82) is 0 Å². The van der Waals surface area contributed by atoms with E-state index in [1.54, 1.807) is 11.3 Å². The Balaban J connectivity index is 1.50. The zero-order valence-electron chi connectivity index (χ0n) is 14.0. The summed E-state index contributed by atoms with van der Waals surface area (Å²) in [5.41, 5.74) is 1.79. The van der Waals surface area contributed by atoms with Gasteiger partial charge in [0.2, 0.25) is 0 Å². The molecule has 3 heterocycles. The lowest BCUT2D eigenvalue weighted by atomic mass is 9.81. The van der Waals surface area contributed by atoms with Crippen LogP contribution in [0.15, 0.2) is 36.5 Å². The highest BCUT2D eigenvalue weighted by molar-refractivity contribution is 7.11. The molecule has 4 nitrogen and oxygen atoms in total. The topological polar surface area (TPSA) is 49.0 Å². The van der Waals surface area contributed by atoms with E-state index in [-0.39, 0.29) is 11.3 Å². The van der Waals surface area contributed by atoms with Gasteiger partial charge in [-0.05, 0) is 31.9 Å². The number of rotatable bonds is 2. The zero-order valence-corrected chi connectivity index (χ0v) is 14.8. The van der Waals surface area contributed by atoms with Crippen LogP contribution >= 0.6 is 11.3 Å². The first-order valence-corrected chi connectivity index (χ1v) is 9.17. The molecule has 1 aliphatic rings. The SMILES string of the molecule is Cc1cnc(C2(C)CCN(C(=O)c3cc4ccccc4[nH]3)CC2)s1. The maximum absolute atomic E-state index is 12.8. The summed E-state index contributed by atoms with van der Waals surface area (Å²) in [6.07, 6.45) is 3.88. The van der Waals surface area contributed by atoms with Crippen molar-refractivity contribution in [1.82, 2.24) is 14.9 Å². The number of nitrogens with zero attached hydrogens (tertiary/aromatic N) is 2. The lowest BCUT2D eigenvalue weighted by molar-refractivity contribution is 0.0671. The second-order valence-electron chi connectivity index (χ2n) is 6.90. The van der Waals surface area contributed by atoms with Gasteiger partial charge in [-0.3, -0.25) is 4.79 Å². The van der Waals surface area contributed by atoms with Gasteiger partial charge in [-0.2, -0.15) is 0 Å². The molecule has 24 heavy (non-hydrogen) atoms. The number of carbonyl (C=O) groups is 1. The number of likely N-dealkylation sites (tertiary alicyclic amines) is 1. The van der Waals surface area contributed by atoms with E-state index in [4.69, 9.17) is 0 Å². The van der Waals surface area contributed by atoms with Crippen LogP contribution in [0.3, 0.4) is 0 Å². The van der Waals surface area contributed by atoms with Crippen LogP contribution in [-0.2, 0) is 5.41 Å². The number of aromatic amines is 1. The monoisotopic (exact) mass is 339 g/mol. The molecule has 4 rings (SSSR count). The average molecular weight is 339 g/mol. The molecule has 1 aliphatic heterocycles. The van der Waals surface area contributed by atoms with Gasteiger partial charge in [0.05, 0.1) is 5.01 Å². The summed E-state index contributed by atoms with van der Waals surface area (Å²) < 4.78 is 0. The highest BCUT2D eigenvalue weighted by Gasteiger charge is 2.36. The van der Waals surface area contributed by atoms with Crippen molar-refractivity contribution in [3.05, 3.63) is 52.1 Å². The molecule has 1 aromatic carbocycles. The number of fused-ring (bicyclic) bond motifs is 1. The number of carbonyl (C=O) groups excluding carboxylic acids is 1. The molecule has 1 saturated heterocycles. The molecular weight excluding hydrogens is 318 g/mol. The molecule has 1 amide bonds. The largest absolute Gasteiger partial charge is 0.351 e. The average Bonchev–Trinajstić information content (AvgIpc) is 3.21. The summed E-state index contributed by atoms with van der Waals surface area (Å²) in [6, 6.07) is 9.96. The van der Waals surface area contributed by atoms with E-state index >= 15 is 0 Å². The van der Waals surface area contributed by atoms with E-state index in [1.807, 2.05) is 41.4 Å². The van der Waals surface area contributed by atoms with Crippen molar-refractivity contribution in [2.75, 3.05) is 13.1 Å².